The van der Waals surface area contributed by atoms with Gasteiger partial charge in [0.15, 0.2) is 0 Å². The highest BCUT2D eigenvalue weighted by Gasteiger charge is 2.12. The first-order valence-electron chi connectivity index (χ1n) is 7.47. The first kappa shape index (κ1) is 17.5. The Morgan fingerprint density at radius 2 is 1.61 bits per heavy atom. The Morgan fingerprint density at radius 3 is 2.13 bits per heavy atom. The Balaban J connectivity index is 1.88. The first-order chi connectivity index (χ1) is 11.0. The maximum atomic E-state index is 10.8. The summed E-state index contributed by atoms with van der Waals surface area (Å²) in [5.74, 6) is 0. The number of aromatic nitrogens is 4. The number of unbranched alkanes of at least 4 members (excludes halogenated alkanes) is 2. The molecule has 2 heterocycles. The molecule has 0 aromatic carbocycles. The molecule has 9 nitrogen and oxygen atoms in total. The summed E-state index contributed by atoms with van der Waals surface area (Å²) < 4.78 is 14.1. The molecule has 0 amide bonds. The highest BCUT2D eigenvalue weighted by Crippen LogP contribution is 2.34. The zero-order valence-corrected chi connectivity index (χ0v) is 13.9. The fourth-order valence-corrected chi connectivity index (χ4v) is 2.39. The molecule has 2 N–H and O–H groups in total. The molecule has 0 unspecified atom stereocenters. The maximum Gasteiger partial charge on any atom is 0.327 e. The minimum absolute atomic E-state index is 0.134. The van der Waals surface area contributed by atoms with Crippen LogP contribution in [0.5, 0.6) is 0 Å². The van der Waals surface area contributed by atoms with Gasteiger partial charge in [-0.15, -0.1) is 10.2 Å². The quantitative estimate of drug-likeness (QED) is 0.413. The third-order valence-corrected chi connectivity index (χ3v) is 3.91. The summed E-state index contributed by atoms with van der Waals surface area (Å²) in [6.07, 6.45) is 9.73. The second-order valence-corrected chi connectivity index (χ2v) is 7.00. The smallest absolute Gasteiger partial charge is 0.324 e. The van der Waals surface area contributed by atoms with Crippen molar-refractivity contribution in [2.75, 3.05) is 6.16 Å². The van der Waals surface area contributed by atoms with Crippen molar-refractivity contribution in [2.24, 2.45) is 10.2 Å². The molecule has 2 aromatic heterocycles. The van der Waals surface area contributed by atoms with Crippen LogP contribution in [-0.2, 0) is 17.7 Å². The SMILES string of the molecule is CCCCCn1cc(/N=N/c2cnn(CCP(=O)(O)O)c2)cn1. The van der Waals surface area contributed by atoms with Crippen LogP contribution < -0.4 is 0 Å². The van der Waals surface area contributed by atoms with E-state index in [9.17, 15) is 4.57 Å². The summed E-state index contributed by atoms with van der Waals surface area (Å²) in [5.41, 5.74) is 1.18. The van der Waals surface area contributed by atoms with Crippen molar-refractivity contribution in [3.05, 3.63) is 24.8 Å². The molecule has 0 fully saturated rings. The summed E-state index contributed by atoms with van der Waals surface area (Å²) in [6, 6.07) is 0. The monoisotopic (exact) mass is 340 g/mol. The van der Waals surface area contributed by atoms with E-state index < -0.39 is 7.60 Å². The van der Waals surface area contributed by atoms with Gasteiger partial charge < -0.3 is 9.79 Å². The lowest BCUT2D eigenvalue weighted by Crippen LogP contribution is -2.03. The molecule has 0 aliphatic heterocycles. The normalized spacial score (nSPS) is 12.3. The Morgan fingerprint density at radius 1 is 1.04 bits per heavy atom. The third-order valence-electron chi connectivity index (χ3n) is 3.13. The van der Waals surface area contributed by atoms with Gasteiger partial charge in [0.05, 0.1) is 37.5 Å². The molecule has 2 aromatic rings. The van der Waals surface area contributed by atoms with Crippen molar-refractivity contribution in [2.45, 2.75) is 39.3 Å². The molecule has 126 valence electrons. The highest BCUT2D eigenvalue weighted by atomic mass is 31.2. The Bertz CT molecular complexity index is 689. The van der Waals surface area contributed by atoms with E-state index in [1.54, 1.807) is 12.4 Å². The van der Waals surface area contributed by atoms with Gasteiger partial charge in [0.1, 0.15) is 11.4 Å². The van der Waals surface area contributed by atoms with Gasteiger partial charge in [0, 0.05) is 6.54 Å². The van der Waals surface area contributed by atoms with Crippen LogP contribution in [0.3, 0.4) is 0 Å². The van der Waals surface area contributed by atoms with Crippen molar-refractivity contribution >= 4 is 19.0 Å². The largest absolute Gasteiger partial charge is 0.327 e. The zero-order valence-electron chi connectivity index (χ0n) is 13.0. The van der Waals surface area contributed by atoms with E-state index in [1.807, 2.05) is 10.9 Å². The van der Waals surface area contributed by atoms with Crippen LogP contribution in [0.1, 0.15) is 26.2 Å². The van der Waals surface area contributed by atoms with Crippen LogP contribution in [0, 0.1) is 0 Å². The molecule has 0 saturated heterocycles. The van der Waals surface area contributed by atoms with E-state index in [4.69, 9.17) is 9.79 Å². The number of hydrogen-bond acceptors (Lipinski definition) is 5. The third kappa shape index (κ3) is 6.43. The fourth-order valence-electron chi connectivity index (χ4n) is 1.93. The fraction of sp³-hybridized carbons (Fsp3) is 0.538. The van der Waals surface area contributed by atoms with Gasteiger partial charge in [0.25, 0.3) is 0 Å². The lowest BCUT2D eigenvalue weighted by Gasteiger charge is -2.02. The Kier molecular flexibility index (Phi) is 6.20. The molecule has 0 spiro atoms. The molecule has 10 heteroatoms. The lowest BCUT2D eigenvalue weighted by molar-refractivity contribution is 0.368. The van der Waals surface area contributed by atoms with E-state index in [2.05, 4.69) is 27.3 Å². The first-order valence-corrected chi connectivity index (χ1v) is 9.27. The molecular weight excluding hydrogens is 319 g/mol. The Labute approximate surface area is 134 Å². The van der Waals surface area contributed by atoms with Crippen molar-refractivity contribution in [1.82, 2.24) is 19.6 Å². The molecular formula is C13H21N6O3P. The van der Waals surface area contributed by atoms with Gasteiger partial charge in [-0.3, -0.25) is 13.9 Å². The number of nitrogens with zero attached hydrogens (tertiary/aromatic N) is 6. The van der Waals surface area contributed by atoms with Gasteiger partial charge >= 0.3 is 7.60 Å². The number of rotatable bonds is 9. The predicted octanol–water partition coefficient (Wildman–Crippen LogP) is 2.86. The van der Waals surface area contributed by atoms with Crippen LogP contribution in [0.15, 0.2) is 35.0 Å². The predicted molar refractivity (Wildman–Crippen MR) is 85.1 cm³/mol. The molecule has 0 atom stereocenters. The molecule has 0 aliphatic rings. The molecule has 0 aliphatic carbocycles. The molecule has 2 rings (SSSR count). The number of azo groups is 1. The van der Waals surface area contributed by atoms with E-state index in [-0.39, 0.29) is 12.7 Å². The van der Waals surface area contributed by atoms with Gasteiger partial charge in [0.2, 0.25) is 0 Å². The topological polar surface area (TPSA) is 118 Å². The molecule has 23 heavy (non-hydrogen) atoms. The summed E-state index contributed by atoms with van der Waals surface area (Å²) in [4.78, 5) is 17.7. The van der Waals surface area contributed by atoms with Gasteiger partial charge in [-0.2, -0.15) is 10.2 Å². The number of aryl methyl sites for hydroxylation is 2. The van der Waals surface area contributed by atoms with Crippen LogP contribution in [0.4, 0.5) is 11.4 Å². The van der Waals surface area contributed by atoms with Crippen molar-refractivity contribution in [1.29, 1.82) is 0 Å². The van der Waals surface area contributed by atoms with Gasteiger partial charge in [-0.1, -0.05) is 19.8 Å². The molecule has 0 bridgehead atoms. The average Bonchev–Trinajstić information content (AvgIpc) is 3.11. The van der Waals surface area contributed by atoms with Crippen LogP contribution in [0.25, 0.3) is 0 Å². The van der Waals surface area contributed by atoms with E-state index in [1.165, 1.54) is 23.7 Å². The lowest BCUT2D eigenvalue weighted by atomic mass is 10.2. The van der Waals surface area contributed by atoms with Crippen molar-refractivity contribution in [3.63, 3.8) is 0 Å². The minimum atomic E-state index is -4.02. The van der Waals surface area contributed by atoms with Crippen LogP contribution >= 0.6 is 7.60 Å². The van der Waals surface area contributed by atoms with Gasteiger partial charge in [-0.05, 0) is 6.42 Å². The average molecular weight is 340 g/mol. The summed E-state index contributed by atoms with van der Waals surface area (Å²) in [6.45, 7) is 3.15. The van der Waals surface area contributed by atoms with Crippen molar-refractivity contribution in [3.8, 4) is 0 Å². The van der Waals surface area contributed by atoms with Gasteiger partial charge in [-0.25, -0.2) is 0 Å². The summed E-state index contributed by atoms with van der Waals surface area (Å²) in [5, 5.41) is 16.3. The standard InChI is InChI=1S/C13H21N6O3P/c1-2-3-4-5-18-10-12(8-14-18)16-17-13-9-15-19(11-13)6-7-23(20,21)22/h8-11H,2-7H2,1H3,(H2,20,21,22)/b17-16+. The maximum absolute atomic E-state index is 10.8. The summed E-state index contributed by atoms with van der Waals surface area (Å²) in [7, 11) is -4.02. The van der Waals surface area contributed by atoms with E-state index in [0.717, 1.165) is 13.0 Å². The minimum Gasteiger partial charge on any atom is -0.324 e. The van der Waals surface area contributed by atoms with Crippen LogP contribution in [0.2, 0.25) is 0 Å². The highest BCUT2D eigenvalue weighted by molar-refractivity contribution is 7.51. The van der Waals surface area contributed by atoms with E-state index >= 15 is 0 Å². The van der Waals surface area contributed by atoms with Crippen LogP contribution in [-0.4, -0.2) is 35.5 Å². The second kappa shape index (κ2) is 8.14. The zero-order chi connectivity index (χ0) is 16.7. The van der Waals surface area contributed by atoms with E-state index in [0.29, 0.717) is 11.4 Å². The molecule has 0 radical (unpaired) electrons. The summed E-state index contributed by atoms with van der Waals surface area (Å²) >= 11 is 0. The van der Waals surface area contributed by atoms with Crippen molar-refractivity contribution < 1.29 is 14.4 Å². The Hall–Kier alpha value is -1.83. The second-order valence-electron chi connectivity index (χ2n) is 5.22. The molecule has 0 saturated carbocycles. The number of hydrogen-bond donors (Lipinski definition) is 2.